The maximum atomic E-state index is 9.26. The highest BCUT2D eigenvalue weighted by Gasteiger charge is 2.15. The monoisotopic (exact) mass is 243 g/mol. The average molecular weight is 243 g/mol. The minimum absolute atomic E-state index is 0.279. The van der Waals surface area contributed by atoms with E-state index in [4.69, 9.17) is 0 Å². The van der Waals surface area contributed by atoms with Gasteiger partial charge in [-0.1, -0.05) is 0 Å². The van der Waals surface area contributed by atoms with Crippen LogP contribution < -0.4 is 5.32 Å². The molecule has 2 aromatic rings. The quantitative estimate of drug-likeness (QED) is 0.865. The van der Waals surface area contributed by atoms with Gasteiger partial charge in [-0.3, -0.25) is 0 Å². The third-order valence-corrected chi connectivity index (χ3v) is 3.39. The first-order valence-electron chi connectivity index (χ1n) is 6.37. The molecule has 18 heavy (non-hydrogen) atoms. The normalized spacial score (nSPS) is 19.2. The van der Waals surface area contributed by atoms with E-state index in [0.717, 1.165) is 18.7 Å². The van der Waals surface area contributed by atoms with Gasteiger partial charge in [0, 0.05) is 12.2 Å². The minimum Gasteiger partial charge on any atom is -0.508 e. The SMILES string of the molecule is Oc1ccc(-n2cc(CC3CCCN3)cn2)cc1. The van der Waals surface area contributed by atoms with Crippen LogP contribution in [-0.4, -0.2) is 27.5 Å². The third kappa shape index (κ3) is 2.38. The summed E-state index contributed by atoms with van der Waals surface area (Å²) in [5.41, 5.74) is 2.22. The first kappa shape index (κ1) is 11.3. The van der Waals surface area contributed by atoms with E-state index in [-0.39, 0.29) is 5.75 Å². The fourth-order valence-electron chi connectivity index (χ4n) is 2.43. The molecular weight excluding hydrogens is 226 g/mol. The standard InChI is InChI=1S/C14H17N3O/c18-14-5-3-13(4-6-14)17-10-11(9-16-17)8-12-2-1-7-15-12/h3-6,9-10,12,15,18H,1-2,7-8H2. The third-order valence-electron chi connectivity index (χ3n) is 3.39. The number of aromatic nitrogens is 2. The number of benzene rings is 1. The van der Waals surface area contributed by atoms with E-state index in [2.05, 4.69) is 16.6 Å². The Morgan fingerprint density at radius 3 is 2.89 bits per heavy atom. The molecule has 1 aliphatic rings. The van der Waals surface area contributed by atoms with E-state index in [9.17, 15) is 5.11 Å². The molecule has 4 heteroatoms. The highest BCUT2D eigenvalue weighted by Crippen LogP contribution is 2.16. The van der Waals surface area contributed by atoms with Crippen LogP contribution in [-0.2, 0) is 6.42 Å². The van der Waals surface area contributed by atoms with Crippen molar-refractivity contribution in [3.05, 3.63) is 42.2 Å². The molecule has 2 N–H and O–H groups in total. The van der Waals surface area contributed by atoms with Crippen molar-refractivity contribution in [3.63, 3.8) is 0 Å². The molecule has 1 aliphatic heterocycles. The topological polar surface area (TPSA) is 50.1 Å². The predicted molar refractivity (Wildman–Crippen MR) is 70.0 cm³/mol. The van der Waals surface area contributed by atoms with Crippen LogP contribution in [0.4, 0.5) is 0 Å². The van der Waals surface area contributed by atoms with Gasteiger partial charge in [0.05, 0.1) is 11.9 Å². The van der Waals surface area contributed by atoms with Gasteiger partial charge in [-0.15, -0.1) is 0 Å². The Morgan fingerprint density at radius 2 is 2.17 bits per heavy atom. The lowest BCUT2D eigenvalue weighted by Gasteiger charge is -2.07. The average Bonchev–Trinajstić information content (AvgIpc) is 3.02. The van der Waals surface area contributed by atoms with Gasteiger partial charge in [0.25, 0.3) is 0 Å². The molecule has 1 atom stereocenters. The summed E-state index contributed by atoms with van der Waals surface area (Å²) in [4.78, 5) is 0. The molecule has 2 heterocycles. The summed E-state index contributed by atoms with van der Waals surface area (Å²) < 4.78 is 1.85. The van der Waals surface area contributed by atoms with Crippen molar-refractivity contribution in [3.8, 4) is 11.4 Å². The number of phenols is 1. The van der Waals surface area contributed by atoms with Crippen LogP contribution in [0.5, 0.6) is 5.75 Å². The number of phenolic OH excluding ortho intramolecular Hbond substituents is 1. The highest BCUT2D eigenvalue weighted by atomic mass is 16.3. The Balaban J connectivity index is 1.74. The zero-order chi connectivity index (χ0) is 12.4. The van der Waals surface area contributed by atoms with Crippen LogP contribution in [0.25, 0.3) is 5.69 Å². The van der Waals surface area contributed by atoms with Gasteiger partial charge in [-0.2, -0.15) is 5.10 Å². The lowest BCUT2D eigenvalue weighted by Crippen LogP contribution is -2.23. The lowest BCUT2D eigenvalue weighted by molar-refractivity contribution is 0.475. The summed E-state index contributed by atoms with van der Waals surface area (Å²) in [7, 11) is 0. The predicted octanol–water partition coefficient (Wildman–Crippen LogP) is 1.87. The molecule has 1 fully saturated rings. The lowest BCUT2D eigenvalue weighted by atomic mass is 10.1. The van der Waals surface area contributed by atoms with Gasteiger partial charge < -0.3 is 10.4 Å². The molecule has 0 amide bonds. The fourth-order valence-corrected chi connectivity index (χ4v) is 2.43. The van der Waals surface area contributed by atoms with Crippen LogP contribution >= 0.6 is 0 Å². The van der Waals surface area contributed by atoms with Gasteiger partial charge in [0.15, 0.2) is 0 Å². The molecule has 0 spiro atoms. The molecule has 94 valence electrons. The van der Waals surface area contributed by atoms with Crippen LogP contribution in [0.15, 0.2) is 36.7 Å². The van der Waals surface area contributed by atoms with E-state index in [0.29, 0.717) is 6.04 Å². The van der Waals surface area contributed by atoms with Crippen molar-refractivity contribution >= 4 is 0 Å². The molecule has 4 nitrogen and oxygen atoms in total. The van der Waals surface area contributed by atoms with Crippen molar-refractivity contribution in [1.29, 1.82) is 0 Å². The molecule has 1 aromatic carbocycles. The zero-order valence-corrected chi connectivity index (χ0v) is 10.2. The Kier molecular flexibility index (Phi) is 3.02. The largest absolute Gasteiger partial charge is 0.508 e. The van der Waals surface area contributed by atoms with Gasteiger partial charge >= 0.3 is 0 Å². The smallest absolute Gasteiger partial charge is 0.115 e. The maximum Gasteiger partial charge on any atom is 0.115 e. The Labute approximate surface area is 106 Å². The molecule has 0 bridgehead atoms. The summed E-state index contributed by atoms with van der Waals surface area (Å²) in [5.74, 6) is 0.279. The number of rotatable bonds is 3. The van der Waals surface area contributed by atoms with Crippen LogP contribution in [0.3, 0.4) is 0 Å². The van der Waals surface area contributed by atoms with Gasteiger partial charge in [0.2, 0.25) is 0 Å². The minimum atomic E-state index is 0.279. The molecule has 3 rings (SSSR count). The molecule has 0 radical (unpaired) electrons. The zero-order valence-electron chi connectivity index (χ0n) is 10.2. The first-order valence-corrected chi connectivity index (χ1v) is 6.37. The molecular formula is C14H17N3O. The summed E-state index contributed by atoms with van der Waals surface area (Å²) >= 11 is 0. The van der Waals surface area contributed by atoms with E-state index in [1.807, 2.05) is 23.0 Å². The van der Waals surface area contributed by atoms with Crippen molar-refractivity contribution in [2.75, 3.05) is 6.54 Å². The number of nitrogens with one attached hydrogen (secondary N) is 1. The maximum absolute atomic E-state index is 9.26. The molecule has 1 unspecified atom stereocenters. The summed E-state index contributed by atoms with van der Waals surface area (Å²) in [6, 6.07) is 7.67. The van der Waals surface area contributed by atoms with Crippen LogP contribution in [0.2, 0.25) is 0 Å². The Morgan fingerprint density at radius 1 is 1.33 bits per heavy atom. The van der Waals surface area contributed by atoms with E-state index in [1.54, 1.807) is 12.1 Å². The van der Waals surface area contributed by atoms with Crippen molar-refractivity contribution < 1.29 is 5.11 Å². The molecule has 1 aromatic heterocycles. The van der Waals surface area contributed by atoms with E-state index >= 15 is 0 Å². The summed E-state index contributed by atoms with van der Waals surface area (Å²) in [5, 5.41) is 17.1. The van der Waals surface area contributed by atoms with Crippen molar-refractivity contribution in [1.82, 2.24) is 15.1 Å². The molecule has 1 saturated heterocycles. The second kappa shape index (κ2) is 4.82. The van der Waals surface area contributed by atoms with Crippen molar-refractivity contribution in [2.24, 2.45) is 0 Å². The second-order valence-corrected chi connectivity index (χ2v) is 4.81. The van der Waals surface area contributed by atoms with E-state index in [1.165, 1.54) is 18.4 Å². The highest BCUT2D eigenvalue weighted by molar-refractivity contribution is 5.36. The molecule has 0 saturated carbocycles. The first-order chi connectivity index (χ1) is 8.81. The van der Waals surface area contributed by atoms with Crippen LogP contribution in [0, 0.1) is 0 Å². The number of nitrogens with zero attached hydrogens (tertiary/aromatic N) is 2. The number of hydrogen-bond acceptors (Lipinski definition) is 3. The van der Waals surface area contributed by atoms with Gasteiger partial charge in [-0.05, 0) is 55.6 Å². The number of hydrogen-bond donors (Lipinski definition) is 2. The Bertz CT molecular complexity index is 512. The Hall–Kier alpha value is -1.81. The second-order valence-electron chi connectivity index (χ2n) is 4.81. The van der Waals surface area contributed by atoms with E-state index < -0.39 is 0 Å². The fraction of sp³-hybridized carbons (Fsp3) is 0.357. The molecule has 0 aliphatic carbocycles. The van der Waals surface area contributed by atoms with Gasteiger partial charge in [0.1, 0.15) is 5.75 Å². The summed E-state index contributed by atoms with van der Waals surface area (Å²) in [6.45, 7) is 1.14. The van der Waals surface area contributed by atoms with Crippen molar-refractivity contribution in [2.45, 2.75) is 25.3 Å². The number of aromatic hydroxyl groups is 1. The van der Waals surface area contributed by atoms with Crippen LogP contribution in [0.1, 0.15) is 18.4 Å². The summed E-state index contributed by atoms with van der Waals surface area (Å²) in [6.07, 6.45) is 7.55. The van der Waals surface area contributed by atoms with Gasteiger partial charge in [-0.25, -0.2) is 4.68 Å².